The van der Waals surface area contributed by atoms with E-state index in [0.717, 1.165) is 11.0 Å². The minimum atomic E-state index is -0.664. The number of hydrogen-bond donors (Lipinski definition) is 1. The van der Waals surface area contributed by atoms with E-state index in [0.29, 0.717) is 23.6 Å². The molecule has 0 saturated carbocycles. The number of carbonyl (C=O) groups is 2. The maximum absolute atomic E-state index is 11.8. The van der Waals surface area contributed by atoms with Crippen LogP contribution in [-0.2, 0) is 4.79 Å². The molecule has 0 heterocycles. The first-order chi connectivity index (χ1) is 12.5. The number of nitrogens with one attached hydrogen (secondary N) is 1. The van der Waals surface area contributed by atoms with Crippen molar-refractivity contribution in [3.05, 3.63) is 63.2 Å². The Balaban J connectivity index is 1.77. The van der Waals surface area contributed by atoms with Crippen molar-refractivity contribution in [2.75, 3.05) is 18.9 Å². The van der Waals surface area contributed by atoms with Gasteiger partial charge < -0.3 is 10.1 Å². The van der Waals surface area contributed by atoms with Crippen LogP contribution in [0, 0.1) is 10.1 Å². The quantitative estimate of drug-likeness (QED) is 0.230. The van der Waals surface area contributed by atoms with Crippen molar-refractivity contribution in [3.8, 4) is 5.75 Å². The summed E-state index contributed by atoms with van der Waals surface area (Å²) in [6.07, 6.45) is 0.502. The van der Waals surface area contributed by atoms with E-state index in [4.69, 9.17) is 16.3 Å². The number of benzene rings is 2. The fourth-order valence-electron chi connectivity index (χ4n) is 1.96. The van der Waals surface area contributed by atoms with Gasteiger partial charge in [0.1, 0.15) is 6.29 Å². The first-order valence-corrected chi connectivity index (χ1v) is 8.87. The molecule has 0 aliphatic rings. The van der Waals surface area contributed by atoms with Gasteiger partial charge in [-0.05, 0) is 36.4 Å². The van der Waals surface area contributed by atoms with E-state index >= 15 is 0 Å². The van der Waals surface area contributed by atoms with Crippen LogP contribution in [0.25, 0.3) is 0 Å². The minimum absolute atomic E-state index is 0.0636. The number of nitrogens with zero attached hydrogens (tertiary/aromatic N) is 1. The largest absolute Gasteiger partial charge is 0.477 e. The second-order valence-electron chi connectivity index (χ2n) is 5.04. The number of nitro benzene ring substituents is 1. The third-order valence-corrected chi connectivity index (χ3v) is 4.45. The predicted octanol–water partition coefficient (Wildman–Crippen LogP) is 3.35. The van der Waals surface area contributed by atoms with Gasteiger partial charge >= 0.3 is 5.69 Å². The number of rotatable bonds is 9. The third-order valence-electron chi connectivity index (χ3n) is 3.18. The SMILES string of the molecule is O=Cc1ccc(OCC(=O)NCCSc2ccc(Cl)cc2)c([N+](=O)[O-])c1. The normalized spacial score (nSPS) is 10.2. The van der Waals surface area contributed by atoms with E-state index in [1.807, 2.05) is 12.1 Å². The van der Waals surface area contributed by atoms with Crippen LogP contribution in [0.5, 0.6) is 5.75 Å². The summed E-state index contributed by atoms with van der Waals surface area (Å²) in [5.41, 5.74) is -0.201. The van der Waals surface area contributed by atoms with Gasteiger partial charge in [0.05, 0.1) is 4.92 Å². The standard InChI is InChI=1S/C17H15ClN2O5S/c18-13-2-4-14(5-3-13)26-8-7-19-17(22)11-25-16-6-1-12(10-21)9-15(16)20(23)24/h1-6,9-10H,7-8,11H2,(H,19,22). The molecule has 0 spiro atoms. The number of hydrogen-bond acceptors (Lipinski definition) is 6. The summed E-state index contributed by atoms with van der Waals surface area (Å²) in [6, 6.07) is 11.1. The zero-order valence-electron chi connectivity index (χ0n) is 13.5. The van der Waals surface area contributed by atoms with Crippen LogP contribution in [-0.4, -0.2) is 36.0 Å². The monoisotopic (exact) mass is 394 g/mol. The average Bonchev–Trinajstić information content (AvgIpc) is 2.64. The van der Waals surface area contributed by atoms with Gasteiger partial charge in [-0.25, -0.2) is 0 Å². The van der Waals surface area contributed by atoms with E-state index < -0.39 is 10.8 Å². The Morgan fingerprint density at radius 1 is 1.27 bits per heavy atom. The smallest absolute Gasteiger partial charge is 0.311 e. The van der Waals surface area contributed by atoms with Crippen LogP contribution in [0.3, 0.4) is 0 Å². The first-order valence-electron chi connectivity index (χ1n) is 7.51. The molecule has 0 radical (unpaired) electrons. The van der Waals surface area contributed by atoms with Crippen molar-refractivity contribution >= 4 is 41.2 Å². The highest BCUT2D eigenvalue weighted by Crippen LogP contribution is 2.27. The van der Waals surface area contributed by atoms with Crippen LogP contribution in [0.15, 0.2) is 47.4 Å². The Morgan fingerprint density at radius 2 is 2.00 bits per heavy atom. The molecule has 0 aliphatic carbocycles. The van der Waals surface area contributed by atoms with Crippen LogP contribution < -0.4 is 10.1 Å². The van der Waals surface area contributed by atoms with Gasteiger partial charge in [0.15, 0.2) is 12.4 Å². The fourth-order valence-corrected chi connectivity index (χ4v) is 2.85. The molecule has 0 fully saturated rings. The van der Waals surface area contributed by atoms with E-state index in [-0.39, 0.29) is 23.6 Å². The maximum Gasteiger partial charge on any atom is 0.311 e. The summed E-state index contributed by atoms with van der Waals surface area (Å²) in [7, 11) is 0. The van der Waals surface area contributed by atoms with Crippen LogP contribution >= 0.6 is 23.4 Å². The Morgan fingerprint density at radius 3 is 2.65 bits per heavy atom. The molecule has 0 saturated heterocycles. The molecule has 2 aromatic carbocycles. The number of aldehydes is 1. The Kier molecular flexibility index (Phi) is 7.43. The topological polar surface area (TPSA) is 98.5 Å². The molecule has 26 heavy (non-hydrogen) atoms. The van der Waals surface area contributed by atoms with Gasteiger partial charge in [0.2, 0.25) is 0 Å². The van der Waals surface area contributed by atoms with Crippen LogP contribution in [0.1, 0.15) is 10.4 Å². The zero-order valence-corrected chi connectivity index (χ0v) is 15.1. The summed E-state index contributed by atoms with van der Waals surface area (Å²) in [5.74, 6) is 0.198. The highest BCUT2D eigenvalue weighted by molar-refractivity contribution is 7.99. The summed E-state index contributed by atoms with van der Waals surface area (Å²) < 4.78 is 5.20. The third kappa shape index (κ3) is 6.05. The molecule has 9 heteroatoms. The zero-order chi connectivity index (χ0) is 18.9. The minimum Gasteiger partial charge on any atom is -0.477 e. The highest BCUT2D eigenvalue weighted by atomic mass is 35.5. The van der Waals surface area contributed by atoms with Gasteiger partial charge in [0.25, 0.3) is 5.91 Å². The number of thioether (sulfide) groups is 1. The molecular formula is C17H15ClN2O5S. The summed E-state index contributed by atoms with van der Waals surface area (Å²) in [6.45, 7) is 0.0640. The second kappa shape index (κ2) is 9.79. The highest BCUT2D eigenvalue weighted by Gasteiger charge is 2.17. The molecule has 136 valence electrons. The van der Waals surface area contributed by atoms with Gasteiger partial charge in [0, 0.05) is 33.8 Å². The molecule has 0 aliphatic heterocycles. The molecule has 0 bridgehead atoms. The van der Waals surface area contributed by atoms with E-state index in [1.165, 1.54) is 12.1 Å². The Bertz CT molecular complexity index is 798. The van der Waals surface area contributed by atoms with E-state index in [9.17, 15) is 19.7 Å². The van der Waals surface area contributed by atoms with E-state index in [2.05, 4.69) is 5.32 Å². The first kappa shape index (κ1) is 19.7. The lowest BCUT2D eigenvalue weighted by molar-refractivity contribution is -0.385. The van der Waals surface area contributed by atoms with Crippen molar-refractivity contribution in [1.29, 1.82) is 0 Å². The fraction of sp³-hybridized carbons (Fsp3) is 0.176. The van der Waals surface area contributed by atoms with Gasteiger partial charge in [-0.15, -0.1) is 11.8 Å². The maximum atomic E-state index is 11.8. The van der Waals surface area contributed by atoms with Crippen molar-refractivity contribution in [1.82, 2.24) is 5.32 Å². The lowest BCUT2D eigenvalue weighted by Gasteiger charge is -2.08. The van der Waals surface area contributed by atoms with Crippen molar-refractivity contribution in [2.45, 2.75) is 4.90 Å². The number of halogens is 1. The number of carbonyl (C=O) groups excluding carboxylic acids is 2. The molecule has 0 atom stereocenters. The Labute approximate surface area is 158 Å². The number of nitro groups is 1. The van der Waals surface area contributed by atoms with Crippen molar-refractivity contribution < 1.29 is 19.2 Å². The van der Waals surface area contributed by atoms with Crippen LogP contribution in [0.4, 0.5) is 5.69 Å². The molecule has 1 N–H and O–H groups in total. The van der Waals surface area contributed by atoms with E-state index in [1.54, 1.807) is 23.9 Å². The molecule has 1 amide bonds. The van der Waals surface area contributed by atoms with Gasteiger partial charge in [-0.3, -0.25) is 19.7 Å². The molecule has 7 nitrogen and oxygen atoms in total. The van der Waals surface area contributed by atoms with Crippen molar-refractivity contribution in [2.24, 2.45) is 0 Å². The number of ether oxygens (including phenoxy) is 1. The second-order valence-corrected chi connectivity index (χ2v) is 6.65. The lowest BCUT2D eigenvalue weighted by atomic mass is 10.2. The molecule has 2 rings (SSSR count). The summed E-state index contributed by atoms with van der Waals surface area (Å²) >= 11 is 7.37. The molecular weight excluding hydrogens is 380 g/mol. The predicted molar refractivity (Wildman–Crippen MR) is 99.2 cm³/mol. The molecule has 0 aromatic heterocycles. The molecule has 0 unspecified atom stereocenters. The number of amides is 1. The Hall–Kier alpha value is -2.58. The van der Waals surface area contributed by atoms with Crippen LogP contribution in [0.2, 0.25) is 5.02 Å². The summed E-state index contributed by atoms with van der Waals surface area (Å²) in [5, 5.41) is 14.3. The summed E-state index contributed by atoms with van der Waals surface area (Å²) in [4.78, 5) is 33.8. The van der Waals surface area contributed by atoms with Gasteiger partial charge in [-0.1, -0.05) is 11.6 Å². The molecule has 2 aromatic rings. The average molecular weight is 395 g/mol. The van der Waals surface area contributed by atoms with Crippen molar-refractivity contribution in [3.63, 3.8) is 0 Å². The van der Waals surface area contributed by atoms with Gasteiger partial charge in [-0.2, -0.15) is 0 Å². The lowest BCUT2D eigenvalue weighted by Crippen LogP contribution is -2.30.